The summed E-state index contributed by atoms with van der Waals surface area (Å²) in [5.74, 6) is -0.733. The summed E-state index contributed by atoms with van der Waals surface area (Å²) in [6, 6.07) is 13.5. The molecule has 47 heavy (non-hydrogen) atoms. The number of benzene rings is 2. The van der Waals surface area contributed by atoms with Gasteiger partial charge in [-0.05, 0) is 87.7 Å². The molecule has 4 rings (SSSR count). The highest BCUT2D eigenvalue weighted by Gasteiger charge is 2.32. The fourth-order valence-corrected chi connectivity index (χ4v) is 6.62. The number of likely N-dealkylation sites (N-methyl/N-ethyl adjacent to an activating group) is 1. The van der Waals surface area contributed by atoms with Crippen LogP contribution in [0, 0.1) is 5.92 Å². The SMILES string of the molecule is C[C@@H]1CCCCO[C@@H](CN(C)S(=O)(=O)c2ccc(Cl)cc2)[C@@H](C)CN([C@@H](C)CO)C(=O)c2cc(NC(=O)c3ccncc3)ccc2O1. The standard InChI is InChI=1S/C34H43ClN4O7S/c1-23-20-39(24(2)22-40)34(42)30-19-28(37-33(41)26-14-16-36-17-15-26)10-13-31(30)46-25(3)7-5-6-18-45-32(23)21-38(4)47(43,44)29-11-8-27(35)9-12-29/h8-17,19,23-25,32,40H,5-7,18,20-22H2,1-4H3,(H,37,41)/t23-,24-,25+,32-/m0/s1. The summed E-state index contributed by atoms with van der Waals surface area (Å²) in [5.41, 5.74) is 1.04. The molecule has 1 aliphatic rings. The van der Waals surface area contributed by atoms with Gasteiger partial charge in [0, 0.05) is 61.3 Å². The van der Waals surface area contributed by atoms with Crippen LogP contribution in [0.4, 0.5) is 5.69 Å². The average Bonchev–Trinajstić information content (AvgIpc) is 3.06. The molecule has 0 radical (unpaired) electrons. The van der Waals surface area contributed by atoms with Crippen LogP contribution in [0.15, 0.2) is 71.9 Å². The Balaban J connectivity index is 1.65. The van der Waals surface area contributed by atoms with Crippen LogP contribution < -0.4 is 10.1 Å². The molecule has 2 N–H and O–H groups in total. The van der Waals surface area contributed by atoms with Gasteiger partial charge < -0.3 is 24.8 Å². The van der Waals surface area contributed by atoms with Crippen molar-refractivity contribution >= 4 is 39.1 Å². The lowest BCUT2D eigenvalue weighted by Gasteiger charge is -2.35. The van der Waals surface area contributed by atoms with Crippen LogP contribution in [0.1, 0.15) is 60.7 Å². The molecule has 0 fully saturated rings. The Morgan fingerprint density at radius 1 is 1.13 bits per heavy atom. The Kier molecular flexibility index (Phi) is 12.8. The molecule has 254 valence electrons. The lowest BCUT2D eigenvalue weighted by Crippen LogP contribution is -2.48. The Hall–Kier alpha value is -3.55. The highest BCUT2D eigenvalue weighted by molar-refractivity contribution is 7.89. The minimum Gasteiger partial charge on any atom is -0.490 e. The summed E-state index contributed by atoms with van der Waals surface area (Å²) in [4.78, 5) is 32.8. The second-order valence-corrected chi connectivity index (χ2v) is 14.4. The molecule has 11 nitrogen and oxygen atoms in total. The van der Waals surface area contributed by atoms with E-state index in [0.29, 0.717) is 35.1 Å². The predicted octanol–water partition coefficient (Wildman–Crippen LogP) is 5.10. The molecule has 0 spiro atoms. The van der Waals surface area contributed by atoms with Crippen LogP contribution >= 0.6 is 11.6 Å². The lowest BCUT2D eigenvalue weighted by atomic mass is 10.0. The molecular weight excluding hydrogens is 644 g/mol. The highest BCUT2D eigenvalue weighted by atomic mass is 35.5. The van der Waals surface area contributed by atoms with E-state index in [9.17, 15) is 23.1 Å². The van der Waals surface area contributed by atoms with Gasteiger partial charge in [-0.15, -0.1) is 0 Å². The van der Waals surface area contributed by atoms with E-state index in [1.807, 2.05) is 13.8 Å². The van der Waals surface area contributed by atoms with E-state index in [4.69, 9.17) is 21.1 Å². The Morgan fingerprint density at radius 2 is 1.83 bits per heavy atom. The molecule has 2 heterocycles. The van der Waals surface area contributed by atoms with Crippen molar-refractivity contribution in [3.8, 4) is 5.75 Å². The fraction of sp³-hybridized carbons (Fsp3) is 0.441. The lowest BCUT2D eigenvalue weighted by molar-refractivity contribution is -0.00834. The minimum atomic E-state index is -3.85. The van der Waals surface area contributed by atoms with E-state index >= 15 is 0 Å². The average molecular weight is 687 g/mol. The van der Waals surface area contributed by atoms with Crippen LogP contribution in [0.5, 0.6) is 5.75 Å². The fourth-order valence-electron chi connectivity index (χ4n) is 5.31. The summed E-state index contributed by atoms with van der Waals surface area (Å²) in [6.45, 7) is 5.85. The van der Waals surface area contributed by atoms with Crippen LogP contribution in [0.25, 0.3) is 0 Å². The third kappa shape index (κ3) is 9.51. The van der Waals surface area contributed by atoms with Gasteiger partial charge in [-0.1, -0.05) is 18.5 Å². The number of rotatable bonds is 8. The summed E-state index contributed by atoms with van der Waals surface area (Å²) >= 11 is 5.98. The van der Waals surface area contributed by atoms with Gasteiger partial charge in [0.25, 0.3) is 11.8 Å². The number of carbonyl (C=O) groups excluding carboxylic acids is 2. The number of nitrogens with zero attached hydrogens (tertiary/aromatic N) is 3. The largest absolute Gasteiger partial charge is 0.490 e. The number of hydrogen-bond acceptors (Lipinski definition) is 8. The summed E-state index contributed by atoms with van der Waals surface area (Å²) in [7, 11) is -2.35. The first-order valence-corrected chi connectivity index (χ1v) is 17.5. The molecule has 2 aromatic carbocycles. The summed E-state index contributed by atoms with van der Waals surface area (Å²) in [5, 5.41) is 13.5. The smallest absolute Gasteiger partial charge is 0.258 e. The van der Waals surface area contributed by atoms with E-state index in [1.54, 1.807) is 42.2 Å². The van der Waals surface area contributed by atoms with Crippen LogP contribution in [0.3, 0.4) is 0 Å². The van der Waals surface area contributed by atoms with Crippen LogP contribution in [0.2, 0.25) is 5.02 Å². The topological polar surface area (TPSA) is 138 Å². The molecular formula is C34H43ClN4O7S. The van der Waals surface area contributed by atoms with Gasteiger partial charge in [-0.25, -0.2) is 8.42 Å². The Labute approximate surface area is 281 Å². The van der Waals surface area contributed by atoms with Gasteiger partial charge in [0.2, 0.25) is 10.0 Å². The molecule has 0 saturated heterocycles. The van der Waals surface area contributed by atoms with Gasteiger partial charge in [-0.2, -0.15) is 4.31 Å². The molecule has 1 aliphatic heterocycles. The van der Waals surface area contributed by atoms with Crippen molar-refractivity contribution in [1.82, 2.24) is 14.2 Å². The molecule has 3 aromatic rings. The number of fused-ring (bicyclic) bond motifs is 1. The molecule has 0 bridgehead atoms. The predicted molar refractivity (Wildman–Crippen MR) is 180 cm³/mol. The number of ether oxygens (including phenoxy) is 2. The minimum absolute atomic E-state index is 0.0446. The van der Waals surface area contributed by atoms with Crippen molar-refractivity contribution in [1.29, 1.82) is 0 Å². The quantitative estimate of drug-likeness (QED) is 0.334. The van der Waals surface area contributed by atoms with Gasteiger partial charge in [-0.3, -0.25) is 14.6 Å². The normalized spacial score (nSPS) is 20.5. The summed E-state index contributed by atoms with van der Waals surface area (Å²) in [6.07, 6.45) is 4.47. The van der Waals surface area contributed by atoms with Gasteiger partial charge in [0.05, 0.1) is 35.3 Å². The number of halogens is 1. The Bertz CT molecular complexity index is 1610. The molecule has 13 heteroatoms. The number of aromatic nitrogens is 1. The van der Waals surface area contributed by atoms with Gasteiger partial charge >= 0.3 is 0 Å². The number of aliphatic hydroxyl groups excluding tert-OH is 1. The number of amides is 2. The van der Waals surface area contributed by atoms with Crippen molar-refractivity contribution in [2.45, 2.75) is 63.2 Å². The number of anilines is 1. The molecule has 0 unspecified atom stereocenters. The van der Waals surface area contributed by atoms with E-state index < -0.39 is 28.1 Å². The summed E-state index contributed by atoms with van der Waals surface area (Å²) < 4.78 is 40.6. The number of carbonyl (C=O) groups is 2. The number of hydrogen-bond donors (Lipinski definition) is 2. The number of pyridine rings is 1. The van der Waals surface area contributed by atoms with Crippen LogP contribution in [-0.2, 0) is 14.8 Å². The van der Waals surface area contributed by atoms with E-state index in [0.717, 1.165) is 12.8 Å². The maximum atomic E-state index is 14.3. The third-order valence-corrected chi connectivity index (χ3v) is 10.3. The molecule has 0 saturated carbocycles. The highest BCUT2D eigenvalue weighted by Crippen LogP contribution is 2.29. The van der Waals surface area contributed by atoms with Gasteiger partial charge in [0.1, 0.15) is 5.75 Å². The van der Waals surface area contributed by atoms with Crippen molar-refractivity contribution < 1.29 is 32.6 Å². The van der Waals surface area contributed by atoms with Crippen molar-refractivity contribution in [3.05, 3.63) is 83.1 Å². The zero-order valence-electron chi connectivity index (χ0n) is 27.1. The third-order valence-electron chi connectivity index (χ3n) is 8.21. The van der Waals surface area contributed by atoms with E-state index in [-0.39, 0.29) is 48.1 Å². The molecule has 0 aliphatic carbocycles. The number of sulfonamides is 1. The molecule has 2 amide bonds. The van der Waals surface area contributed by atoms with E-state index in [1.165, 1.54) is 48.0 Å². The molecule has 4 atom stereocenters. The maximum Gasteiger partial charge on any atom is 0.258 e. The second-order valence-electron chi connectivity index (χ2n) is 11.9. The van der Waals surface area contributed by atoms with Crippen molar-refractivity contribution in [2.75, 3.05) is 38.7 Å². The van der Waals surface area contributed by atoms with E-state index in [2.05, 4.69) is 10.3 Å². The zero-order valence-corrected chi connectivity index (χ0v) is 28.7. The van der Waals surface area contributed by atoms with Crippen molar-refractivity contribution in [2.24, 2.45) is 5.92 Å². The first-order valence-electron chi connectivity index (χ1n) is 15.7. The first-order chi connectivity index (χ1) is 22.4. The maximum absolute atomic E-state index is 14.3. The number of nitrogens with one attached hydrogen (secondary N) is 1. The zero-order chi connectivity index (χ0) is 34.1. The monoisotopic (exact) mass is 686 g/mol. The van der Waals surface area contributed by atoms with Gasteiger partial charge in [0.15, 0.2) is 0 Å². The number of aliphatic hydroxyl groups is 1. The first kappa shape index (κ1) is 36.3. The molecule has 1 aromatic heterocycles. The second kappa shape index (κ2) is 16.5. The van der Waals surface area contributed by atoms with Crippen LogP contribution in [-0.4, -0.2) is 91.1 Å². The Morgan fingerprint density at radius 3 is 2.51 bits per heavy atom. The van der Waals surface area contributed by atoms with Crippen molar-refractivity contribution in [3.63, 3.8) is 0 Å².